The van der Waals surface area contributed by atoms with Crippen LogP contribution in [0, 0.1) is 25.7 Å². The maximum atomic E-state index is 12.5. The molecule has 1 fully saturated rings. The minimum absolute atomic E-state index is 0.124. The van der Waals surface area contributed by atoms with Crippen molar-refractivity contribution in [1.29, 1.82) is 0 Å². The zero-order valence-corrected chi connectivity index (χ0v) is 16.0. The van der Waals surface area contributed by atoms with Gasteiger partial charge in [-0.05, 0) is 38.2 Å². The third-order valence-corrected chi connectivity index (χ3v) is 5.32. The predicted octanol–water partition coefficient (Wildman–Crippen LogP) is 1.39. The van der Waals surface area contributed by atoms with E-state index in [2.05, 4.69) is 29.1 Å². The van der Waals surface area contributed by atoms with E-state index >= 15 is 0 Å². The van der Waals surface area contributed by atoms with Crippen LogP contribution >= 0.6 is 11.8 Å². The molecule has 3 heterocycles. The summed E-state index contributed by atoms with van der Waals surface area (Å²) in [6, 6.07) is 1.95. The molecule has 1 saturated heterocycles. The molecule has 8 nitrogen and oxygen atoms in total. The summed E-state index contributed by atoms with van der Waals surface area (Å²) in [5.41, 5.74) is 1.82. The number of nitrogens with two attached hydrogens (primary N) is 1. The van der Waals surface area contributed by atoms with Gasteiger partial charge in [0.1, 0.15) is 0 Å². The van der Waals surface area contributed by atoms with Gasteiger partial charge in [-0.3, -0.25) is 4.79 Å². The van der Waals surface area contributed by atoms with Crippen molar-refractivity contribution < 1.29 is 4.79 Å². The smallest absolute Gasteiger partial charge is 0.271 e. The number of nitrogens with zero attached hydrogens (tertiary/aromatic N) is 6. The number of hydrogen-bond acceptors (Lipinski definition) is 6. The molecule has 0 unspecified atom stereocenters. The topological polar surface area (TPSA) is 94.9 Å². The Morgan fingerprint density at radius 1 is 1.28 bits per heavy atom. The standard InChI is InChI=1S/C16H25N7OS/c1-10-5-11(2)8-21(7-10)14(24)9-25-16-19-18-15(22(16)17)23-13(4)6-12(3)20-23/h6,10-11H,5,7-9,17H2,1-4H3/t10-,11-/m1/s1. The largest absolute Gasteiger partial charge is 0.341 e. The van der Waals surface area contributed by atoms with E-state index in [4.69, 9.17) is 5.84 Å². The van der Waals surface area contributed by atoms with Crippen molar-refractivity contribution in [2.75, 3.05) is 24.7 Å². The zero-order chi connectivity index (χ0) is 18.1. The maximum Gasteiger partial charge on any atom is 0.271 e. The highest BCUT2D eigenvalue weighted by molar-refractivity contribution is 7.99. The van der Waals surface area contributed by atoms with Crippen LogP contribution in [-0.2, 0) is 4.79 Å². The predicted molar refractivity (Wildman–Crippen MR) is 97.0 cm³/mol. The van der Waals surface area contributed by atoms with E-state index in [1.807, 2.05) is 24.8 Å². The first-order valence-corrected chi connectivity index (χ1v) is 9.48. The van der Waals surface area contributed by atoms with E-state index in [1.165, 1.54) is 22.9 Å². The number of rotatable bonds is 4. The van der Waals surface area contributed by atoms with Crippen LogP contribution in [0.25, 0.3) is 5.95 Å². The molecule has 1 aliphatic heterocycles. The number of carbonyl (C=O) groups is 1. The minimum atomic E-state index is 0.124. The van der Waals surface area contributed by atoms with Gasteiger partial charge < -0.3 is 10.7 Å². The Kier molecular flexibility index (Phi) is 5.03. The number of aryl methyl sites for hydroxylation is 2. The van der Waals surface area contributed by atoms with Gasteiger partial charge in [-0.2, -0.15) is 5.10 Å². The van der Waals surface area contributed by atoms with Crippen LogP contribution in [0.15, 0.2) is 11.2 Å². The van der Waals surface area contributed by atoms with Crippen LogP contribution in [0.1, 0.15) is 31.7 Å². The third-order valence-electron chi connectivity index (χ3n) is 4.39. The molecular formula is C16H25N7OS. The van der Waals surface area contributed by atoms with E-state index in [1.54, 1.807) is 4.68 Å². The van der Waals surface area contributed by atoms with Gasteiger partial charge >= 0.3 is 0 Å². The summed E-state index contributed by atoms with van der Waals surface area (Å²) in [6.07, 6.45) is 1.18. The molecule has 0 aliphatic carbocycles. The van der Waals surface area contributed by atoms with E-state index in [9.17, 15) is 4.79 Å². The van der Waals surface area contributed by atoms with Gasteiger partial charge in [0.05, 0.1) is 11.4 Å². The molecule has 0 aromatic carbocycles. The van der Waals surface area contributed by atoms with Crippen LogP contribution in [0.3, 0.4) is 0 Å². The second-order valence-electron chi connectivity index (χ2n) is 7.02. The van der Waals surface area contributed by atoms with Gasteiger partial charge in [0.2, 0.25) is 11.1 Å². The van der Waals surface area contributed by atoms with Gasteiger partial charge in [0.15, 0.2) is 0 Å². The number of amides is 1. The Morgan fingerprint density at radius 2 is 1.96 bits per heavy atom. The van der Waals surface area contributed by atoms with Gasteiger partial charge in [0, 0.05) is 18.8 Å². The summed E-state index contributed by atoms with van der Waals surface area (Å²) in [5, 5.41) is 13.1. The fourth-order valence-corrected chi connectivity index (χ4v) is 4.18. The van der Waals surface area contributed by atoms with Gasteiger partial charge in [-0.25, -0.2) is 9.36 Å². The zero-order valence-electron chi connectivity index (χ0n) is 15.1. The number of piperidine rings is 1. The lowest BCUT2D eigenvalue weighted by Crippen LogP contribution is -2.43. The molecule has 0 bridgehead atoms. The van der Waals surface area contributed by atoms with Crippen LogP contribution in [-0.4, -0.2) is 54.3 Å². The van der Waals surface area contributed by atoms with Gasteiger partial charge in [-0.15, -0.1) is 10.2 Å². The molecule has 2 N–H and O–H groups in total. The second kappa shape index (κ2) is 7.07. The Morgan fingerprint density at radius 3 is 2.56 bits per heavy atom. The summed E-state index contributed by atoms with van der Waals surface area (Å²) >= 11 is 1.31. The lowest BCUT2D eigenvalue weighted by Gasteiger charge is -2.34. The molecule has 0 radical (unpaired) electrons. The first-order valence-electron chi connectivity index (χ1n) is 8.50. The van der Waals surface area contributed by atoms with Crippen LogP contribution in [0.5, 0.6) is 0 Å². The van der Waals surface area contributed by atoms with E-state index in [0.717, 1.165) is 24.5 Å². The number of carbonyl (C=O) groups excluding carboxylic acids is 1. The number of likely N-dealkylation sites (tertiary alicyclic amines) is 1. The average Bonchev–Trinajstić information content (AvgIpc) is 3.05. The highest BCUT2D eigenvalue weighted by Crippen LogP contribution is 2.23. The molecule has 0 spiro atoms. The molecule has 136 valence electrons. The number of thioether (sulfide) groups is 1. The molecule has 25 heavy (non-hydrogen) atoms. The fraction of sp³-hybridized carbons (Fsp3) is 0.625. The fourth-order valence-electron chi connectivity index (χ4n) is 3.43. The van der Waals surface area contributed by atoms with E-state index < -0.39 is 0 Å². The van der Waals surface area contributed by atoms with Gasteiger partial charge in [-0.1, -0.05) is 25.6 Å². The molecular weight excluding hydrogens is 338 g/mol. The van der Waals surface area contributed by atoms with Crippen molar-refractivity contribution in [3.8, 4) is 5.95 Å². The Labute approximate surface area is 151 Å². The minimum Gasteiger partial charge on any atom is -0.341 e. The maximum absolute atomic E-state index is 12.5. The van der Waals surface area contributed by atoms with Crippen molar-refractivity contribution in [3.05, 3.63) is 17.5 Å². The average molecular weight is 363 g/mol. The molecule has 1 amide bonds. The summed E-state index contributed by atoms with van der Waals surface area (Å²) in [6.45, 7) is 9.89. The Bertz CT molecular complexity index is 759. The molecule has 3 rings (SSSR count). The molecule has 2 atom stereocenters. The quantitative estimate of drug-likeness (QED) is 0.651. The first kappa shape index (κ1) is 17.8. The van der Waals surface area contributed by atoms with Crippen LogP contribution < -0.4 is 5.84 Å². The molecule has 2 aromatic rings. The SMILES string of the molecule is Cc1cc(C)n(-c2nnc(SCC(=O)N3C[C@H](C)C[C@@H](C)C3)n2N)n1. The van der Waals surface area contributed by atoms with Crippen molar-refractivity contribution in [2.24, 2.45) is 11.8 Å². The van der Waals surface area contributed by atoms with Crippen LogP contribution in [0.2, 0.25) is 0 Å². The summed E-state index contributed by atoms with van der Waals surface area (Å²) in [5.74, 6) is 8.09. The lowest BCUT2D eigenvalue weighted by molar-refractivity contribution is -0.130. The first-order chi connectivity index (χ1) is 11.8. The number of nitrogen functional groups attached to an aromatic ring is 1. The van der Waals surface area contributed by atoms with E-state index in [0.29, 0.717) is 28.7 Å². The molecule has 1 aliphatic rings. The molecule has 2 aromatic heterocycles. The summed E-state index contributed by atoms with van der Waals surface area (Å²) < 4.78 is 3.04. The Hall–Kier alpha value is -2.03. The van der Waals surface area contributed by atoms with Gasteiger partial charge in [0.25, 0.3) is 5.95 Å². The lowest BCUT2D eigenvalue weighted by atomic mass is 9.92. The highest BCUT2D eigenvalue weighted by Gasteiger charge is 2.26. The Balaban J connectivity index is 1.66. The normalized spacial score (nSPS) is 20.9. The van der Waals surface area contributed by atoms with Crippen molar-refractivity contribution in [2.45, 2.75) is 39.3 Å². The monoisotopic (exact) mass is 363 g/mol. The molecule has 0 saturated carbocycles. The highest BCUT2D eigenvalue weighted by atomic mass is 32.2. The number of aromatic nitrogens is 5. The van der Waals surface area contributed by atoms with Crippen molar-refractivity contribution in [3.63, 3.8) is 0 Å². The summed E-state index contributed by atoms with van der Waals surface area (Å²) in [7, 11) is 0. The molecule has 9 heteroatoms. The number of hydrogen-bond donors (Lipinski definition) is 1. The second-order valence-corrected chi connectivity index (χ2v) is 7.97. The van der Waals surface area contributed by atoms with E-state index in [-0.39, 0.29) is 5.91 Å². The van der Waals surface area contributed by atoms with Crippen molar-refractivity contribution >= 4 is 17.7 Å². The van der Waals surface area contributed by atoms with Crippen LogP contribution in [0.4, 0.5) is 0 Å². The third kappa shape index (κ3) is 3.81. The van der Waals surface area contributed by atoms with Crippen molar-refractivity contribution in [1.82, 2.24) is 29.6 Å². The summed E-state index contributed by atoms with van der Waals surface area (Å²) in [4.78, 5) is 14.4.